The Balaban J connectivity index is 1.30. The summed E-state index contributed by atoms with van der Waals surface area (Å²) in [5.41, 5.74) is 3.58. The molecule has 0 amide bonds. The lowest BCUT2D eigenvalue weighted by Crippen LogP contribution is -2.29. The molecule has 1 aliphatic carbocycles. The molecule has 5 aromatic rings. The van der Waals surface area contributed by atoms with E-state index in [1.54, 1.807) is 74.9 Å². The van der Waals surface area contributed by atoms with Crippen LogP contribution >= 0.6 is 0 Å². The number of Topliss-reactive ketones (excluding diaryl/α,β-unsaturated/α-hetero) is 1. The molecule has 246 valence electrons. The summed E-state index contributed by atoms with van der Waals surface area (Å²) < 4.78 is 51.0. The van der Waals surface area contributed by atoms with E-state index in [1.165, 1.54) is 36.4 Å². The molecule has 1 aromatic heterocycles. The zero-order chi connectivity index (χ0) is 34.8. The highest BCUT2D eigenvalue weighted by molar-refractivity contribution is 6.23. The van der Waals surface area contributed by atoms with Crippen molar-refractivity contribution < 1.29 is 37.3 Å². The second kappa shape index (κ2) is 13.5. The third-order valence-electron chi connectivity index (χ3n) is 8.23. The first-order chi connectivity index (χ1) is 24.3. The Labute approximate surface area is 286 Å². The molecule has 0 fully saturated rings. The number of halogens is 2. The lowest BCUT2D eigenvalue weighted by Gasteiger charge is -2.29. The first-order valence-corrected chi connectivity index (χ1v) is 15.6. The van der Waals surface area contributed by atoms with Crippen LogP contribution in [0.3, 0.4) is 0 Å². The molecule has 0 saturated heterocycles. The molecule has 0 radical (unpaired) electrons. The summed E-state index contributed by atoms with van der Waals surface area (Å²) in [6, 6.07) is 29.6. The summed E-state index contributed by atoms with van der Waals surface area (Å²) in [6.07, 6.45) is 6.45. The van der Waals surface area contributed by atoms with Crippen LogP contribution in [0.15, 0.2) is 154 Å². The van der Waals surface area contributed by atoms with Gasteiger partial charge in [0, 0.05) is 16.7 Å². The van der Waals surface area contributed by atoms with Gasteiger partial charge in [-0.25, -0.2) is 13.2 Å². The smallest absolute Gasteiger partial charge is 0.365 e. The second-order valence-corrected chi connectivity index (χ2v) is 11.4. The van der Waals surface area contributed by atoms with Crippen LogP contribution in [0.5, 0.6) is 11.5 Å². The van der Waals surface area contributed by atoms with Crippen LogP contribution in [0.1, 0.15) is 16.7 Å². The maximum absolute atomic E-state index is 13.7. The zero-order valence-electron chi connectivity index (χ0n) is 26.9. The van der Waals surface area contributed by atoms with Gasteiger partial charge in [-0.05, 0) is 108 Å². The van der Waals surface area contributed by atoms with Crippen LogP contribution in [-0.2, 0) is 9.53 Å². The number of allylic oxidation sites excluding steroid dienone is 6. The highest BCUT2D eigenvalue weighted by atomic mass is 19.1. The summed E-state index contributed by atoms with van der Waals surface area (Å²) in [4.78, 5) is 13.5. The van der Waals surface area contributed by atoms with Crippen molar-refractivity contribution in [2.24, 2.45) is 0 Å². The fourth-order valence-corrected chi connectivity index (χ4v) is 5.71. The first kappa shape index (κ1) is 32.0. The Kier molecular flexibility index (Phi) is 8.66. The van der Waals surface area contributed by atoms with E-state index in [0.29, 0.717) is 67.9 Å². The van der Waals surface area contributed by atoms with Crippen LogP contribution in [-0.4, -0.2) is 20.0 Å². The van der Waals surface area contributed by atoms with Gasteiger partial charge in [-0.2, -0.15) is 0 Å². The van der Waals surface area contributed by atoms with E-state index in [2.05, 4.69) is 0 Å². The van der Waals surface area contributed by atoms with Gasteiger partial charge >= 0.3 is 11.5 Å². The summed E-state index contributed by atoms with van der Waals surface area (Å²) in [5, 5.41) is 13.5. The van der Waals surface area contributed by atoms with Gasteiger partial charge in [-0.15, -0.1) is 0 Å². The minimum atomic E-state index is -0.430. The lowest BCUT2D eigenvalue weighted by atomic mass is 9.85. The van der Waals surface area contributed by atoms with Crippen LogP contribution in [0.2, 0.25) is 0 Å². The molecule has 50 heavy (non-hydrogen) atoms. The van der Waals surface area contributed by atoms with Gasteiger partial charge in [0.25, 0.3) is 0 Å². The van der Waals surface area contributed by atoms with E-state index in [9.17, 15) is 18.7 Å². The van der Waals surface area contributed by atoms with Crippen molar-refractivity contribution in [2.75, 3.05) is 14.2 Å². The molecule has 0 bridgehead atoms. The standard InChI is InChI=1S/C42H28F2O6/c1-47-35-9-5-3-7-31(35)39-23-25(21-37(49-39)27-11-15-29(43)16-12-27)19-33-41(45)34(42(33)46)20-26-22-38(28-13-17-30(44)18-14-28)50-40(24-26)32-8-4-6-10-36(32)48-2/h3-24H,1-2H3. The van der Waals surface area contributed by atoms with Crippen molar-refractivity contribution in [1.82, 2.24) is 0 Å². The molecular weight excluding hydrogens is 638 g/mol. The monoisotopic (exact) mass is 666 g/mol. The number of benzene rings is 4. The number of ketones is 1. The van der Waals surface area contributed by atoms with E-state index >= 15 is 0 Å². The molecule has 1 aliphatic heterocycles. The van der Waals surface area contributed by atoms with Gasteiger partial charge in [-0.1, -0.05) is 30.0 Å². The van der Waals surface area contributed by atoms with Crippen molar-refractivity contribution in [3.05, 3.63) is 178 Å². The zero-order valence-corrected chi connectivity index (χ0v) is 26.9. The molecule has 0 spiro atoms. The fraction of sp³-hybridized carbons (Fsp3) is 0.0476. The normalized spacial score (nSPS) is 15.7. The molecule has 6 nitrogen and oxygen atoms in total. The average Bonchev–Trinajstić information content (AvgIpc) is 3.16. The lowest BCUT2D eigenvalue weighted by molar-refractivity contribution is -0.300. The molecule has 8 heteroatoms. The first-order valence-electron chi connectivity index (χ1n) is 15.6. The third-order valence-corrected chi connectivity index (χ3v) is 8.23. The number of carbonyl (C=O) groups is 1. The SMILES string of the molecule is COc1ccccc1C1=CC(=CC2=C([O-])C(=Cc3cc(-c4ccc(F)cc4)[o+]c(-c4ccccc4OC)c3)C2=O)C=C(c2ccc(F)cc2)O1. The topological polar surface area (TPSA) is 79.1 Å². The van der Waals surface area contributed by atoms with Gasteiger partial charge in [0.2, 0.25) is 0 Å². The Morgan fingerprint density at radius 1 is 0.680 bits per heavy atom. The van der Waals surface area contributed by atoms with Crippen LogP contribution in [0.25, 0.3) is 40.2 Å². The van der Waals surface area contributed by atoms with Crippen LogP contribution in [0.4, 0.5) is 8.78 Å². The molecule has 7 rings (SSSR count). The predicted molar refractivity (Wildman–Crippen MR) is 185 cm³/mol. The van der Waals surface area contributed by atoms with E-state index in [1.807, 2.05) is 36.4 Å². The van der Waals surface area contributed by atoms with Crippen molar-refractivity contribution in [2.45, 2.75) is 0 Å². The third kappa shape index (κ3) is 6.34. The van der Waals surface area contributed by atoms with Gasteiger partial charge in [0.15, 0.2) is 5.78 Å². The number of para-hydroxylation sites is 2. The van der Waals surface area contributed by atoms with Gasteiger partial charge in [0.05, 0.1) is 37.5 Å². The minimum Gasteiger partial charge on any atom is -0.871 e. The molecule has 4 aromatic carbocycles. The maximum atomic E-state index is 13.7. The number of carbonyl (C=O) groups excluding carboxylic acids is 1. The number of ether oxygens (including phenoxy) is 3. The van der Waals surface area contributed by atoms with Crippen molar-refractivity contribution in [3.8, 4) is 34.1 Å². The van der Waals surface area contributed by atoms with Gasteiger partial charge < -0.3 is 19.3 Å². The van der Waals surface area contributed by atoms with Crippen LogP contribution < -0.4 is 14.6 Å². The van der Waals surface area contributed by atoms with Crippen molar-refractivity contribution >= 4 is 23.4 Å². The van der Waals surface area contributed by atoms with Crippen molar-refractivity contribution in [3.63, 3.8) is 0 Å². The quantitative estimate of drug-likeness (QED) is 0.122. The highest BCUT2D eigenvalue weighted by Gasteiger charge is 2.28. The Hall–Kier alpha value is -6.54. The van der Waals surface area contributed by atoms with Gasteiger partial charge in [-0.3, -0.25) is 4.79 Å². The van der Waals surface area contributed by atoms with E-state index in [4.69, 9.17) is 18.6 Å². The summed E-state index contributed by atoms with van der Waals surface area (Å²) in [6.45, 7) is 0. The Bertz CT molecular complexity index is 2290. The molecule has 0 N–H and O–H groups in total. The number of methoxy groups -OCH3 is 2. The van der Waals surface area contributed by atoms with E-state index < -0.39 is 23.2 Å². The largest absolute Gasteiger partial charge is 0.871 e. The molecule has 0 saturated carbocycles. The Morgan fingerprint density at radius 3 is 1.88 bits per heavy atom. The number of hydrogen-bond donors (Lipinski definition) is 0. The predicted octanol–water partition coefficient (Wildman–Crippen LogP) is 8.81. The molecule has 0 atom stereocenters. The molecule has 2 heterocycles. The average molecular weight is 667 g/mol. The molecular formula is C42H28F2O6. The summed E-state index contributed by atoms with van der Waals surface area (Å²) in [7, 11) is 3.10. The van der Waals surface area contributed by atoms with E-state index in [0.717, 1.165) is 0 Å². The second-order valence-electron chi connectivity index (χ2n) is 11.4. The summed E-state index contributed by atoms with van der Waals surface area (Å²) >= 11 is 0. The minimum absolute atomic E-state index is 0.00260. The Morgan fingerprint density at radius 2 is 1.24 bits per heavy atom. The number of rotatable bonds is 8. The van der Waals surface area contributed by atoms with E-state index in [-0.39, 0.29) is 11.1 Å². The molecule has 0 unspecified atom stereocenters. The van der Waals surface area contributed by atoms with Crippen molar-refractivity contribution in [1.29, 1.82) is 0 Å². The van der Waals surface area contributed by atoms with Gasteiger partial charge in [0.1, 0.15) is 40.2 Å². The summed E-state index contributed by atoms with van der Waals surface area (Å²) in [5.74, 6) is 1.14. The maximum Gasteiger partial charge on any atom is 0.365 e. The van der Waals surface area contributed by atoms with Crippen LogP contribution in [0, 0.1) is 11.6 Å². The fourth-order valence-electron chi connectivity index (χ4n) is 5.71. The number of hydrogen-bond acceptors (Lipinski definition) is 5. The molecule has 2 aliphatic rings. The highest BCUT2D eigenvalue weighted by Crippen LogP contribution is 2.39.